The van der Waals surface area contributed by atoms with E-state index < -0.39 is 0 Å². The fourth-order valence-corrected chi connectivity index (χ4v) is 1.45. The molecule has 2 atom stereocenters. The summed E-state index contributed by atoms with van der Waals surface area (Å²) >= 11 is 0. The van der Waals surface area contributed by atoms with Crippen molar-refractivity contribution in [3.63, 3.8) is 0 Å². The fraction of sp³-hybridized carbons (Fsp3) is 1.00. The lowest BCUT2D eigenvalue weighted by Gasteiger charge is -2.25. The van der Waals surface area contributed by atoms with Crippen LogP contribution in [0.3, 0.4) is 0 Å². The van der Waals surface area contributed by atoms with E-state index in [0.717, 1.165) is 6.54 Å². The van der Waals surface area contributed by atoms with E-state index in [4.69, 9.17) is 5.84 Å². The lowest BCUT2D eigenvalue weighted by molar-refractivity contribution is 0.271. The maximum Gasteiger partial charge on any atom is 0.0363 e. The van der Waals surface area contributed by atoms with Gasteiger partial charge in [0.25, 0.3) is 0 Å². The third kappa shape index (κ3) is 4.70. The molecule has 2 unspecified atom stereocenters. The lowest BCUT2D eigenvalue weighted by atomic mass is 9.97. The summed E-state index contributed by atoms with van der Waals surface area (Å²) < 4.78 is 0. The van der Waals surface area contributed by atoms with Crippen LogP contribution < -0.4 is 11.3 Å². The van der Waals surface area contributed by atoms with Crippen LogP contribution in [0.2, 0.25) is 0 Å². The van der Waals surface area contributed by atoms with Crippen LogP contribution in [-0.4, -0.2) is 31.6 Å². The molecule has 0 aliphatic heterocycles. The Labute approximate surface area is 76.3 Å². The summed E-state index contributed by atoms with van der Waals surface area (Å²) in [5.41, 5.74) is 2.88. The summed E-state index contributed by atoms with van der Waals surface area (Å²) in [6.45, 7) is 5.47. The highest BCUT2D eigenvalue weighted by atomic mass is 15.3. The number of hydrogen-bond donors (Lipinski definition) is 2. The number of hydrogen-bond acceptors (Lipinski definition) is 3. The zero-order valence-electron chi connectivity index (χ0n) is 8.80. The quantitative estimate of drug-likeness (QED) is 0.461. The molecule has 0 spiro atoms. The SMILES string of the molecule is CCCC(C)C(CN(C)C)NN. The van der Waals surface area contributed by atoms with Crippen LogP contribution in [0, 0.1) is 5.92 Å². The van der Waals surface area contributed by atoms with Gasteiger partial charge >= 0.3 is 0 Å². The Morgan fingerprint density at radius 3 is 2.33 bits per heavy atom. The third-order valence-corrected chi connectivity index (χ3v) is 2.21. The van der Waals surface area contributed by atoms with Crippen molar-refractivity contribution in [1.29, 1.82) is 0 Å². The van der Waals surface area contributed by atoms with Crippen LogP contribution in [0.25, 0.3) is 0 Å². The standard InChI is InChI=1S/C9H23N3/c1-5-6-8(2)9(11-10)7-12(3)4/h8-9,11H,5-7,10H2,1-4H3. The van der Waals surface area contributed by atoms with Gasteiger partial charge in [-0.1, -0.05) is 20.3 Å². The molecule has 3 heteroatoms. The van der Waals surface area contributed by atoms with E-state index >= 15 is 0 Å². The van der Waals surface area contributed by atoms with E-state index in [2.05, 4.69) is 38.3 Å². The van der Waals surface area contributed by atoms with Gasteiger partial charge in [0.2, 0.25) is 0 Å². The monoisotopic (exact) mass is 173 g/mol. The summed E-state index contributed by atoms with van der Waals surface area (Å²) in [6.07, 6.45) is 2.47. The highest BCUT2D eigenvalue weighted by Crippen LogP contribution is 2.10. The van der Waals surface area contributed by atoms with Crippen LogP contribution in [0.1, 0.15) is 26.7 Å². The molecule has 0 bridgehead atoms. The summed E-state index contributed by atoms with van der Waals surface area (Å²) in [5.74, 6) is 6.13. The number of nitrogens with two attached hydrogens (primary N) is 1. The van der Waals surface area contributed by atoms with Gasteiger partial charge in [0, 0.05) is 12.6 Å². The smallest absolute Gasteiger partial charge is 0.0363 e. The molecule has 0 saturated heterocycles. The minimum absolute atomic E-state index is 0.417. The molecule has 0 aromatic rings. The van der Waals surface area contributed by atoms with Gasteiger partial charge in [-0.15, -0.1) is 0 Å². The molecule has 12 heavy (non-hydrogen) atoms. The van der Waals surface area contributed by atoms with E-state index in [9.17, 15) is 0 Å². The second kappa shape index (κ2) is 6.40. The van der Waals surface area contributed by atoms with Crippen LogP contribution in [0.15, 0.2) is 0 Å². The van der Waals surface area contributed by atoms with Crippen molar-refractivity contribution >= 4 is 0 Å². The minimum Gasteiger partial charge on any atom is -0.308 e. The molecule has 0 amide bonds. The van der Waals surface area contributed by atoms with E-state index in [1.54, 1.807) is 0 Å². The van der Waals surface area contributed by atoms with Crippen molar-refractivity contribution < 1.29 is 0 Å². The topological polar surface area (TPSA) is 41.3 Å². The lowest BCUT2D eigenvalue weighted by Crippen LogP contribution is -2.46. The maximum absolute atomic E-state index is 5.48. The van der Waals surface area contributed by atoms with E-state index in [-0.39, 0.29) is 0 Å². The Morgan fingerprint density at radius 1 is 1.42 bits per heavy atom. The second-order valence-electron chi connectivity index (χ2n) is 3.80. The Bertz CT molecular complexity index is 104. The molecule has 3 N–H and O–H groups in total. The molecule has 0 fully saturated rings. The first-order valence-electron chi connectivity index (χ1n) is 4.72. The molecule has 0 aliphatic rings. The average Bonchev–Trinajstić information content (AvgIpc) is 2.00. The molecule has 0 saturated carbocycles. The molecule has 0 aromatic carbocycles. The zero-order chi connectivity index (χ0) is 9.56. The summed E-state index contributed by atoms with van der Waals surface area (Å²) in [6, 6.07) is 0.417. The van der Waals surface area contributed by atoms with Crippen LogP contribution in [-0.2, 0) is 0 Å². The van der Waals surface area contributed by atoms with E-state index in [0.29, 0.717) is 12.0 Å². The minimum atomic E-state index is 0.417. The molecule has 0 radical (unpaired) electrons. The number of hydrazine groups is 1. The summed E-state index contributed by atoms with van der Waals surface area (Å²) in [7, 11) is 4.14. The van der Waals surface area contributed by atoms with Gasteiger partial charge in [-0.2, -0.15) is 0 Å². The number of nitrogens with zero attached hydrogens (tertiary/aromatic N) is 1. The molecule has 74 valence electrons. The third-order valence-electron chi connectivity index (χ3n) is 2.21. The van der Waals surface area contributed by atoms with Crippen molar-refractivity contribution in [2.45, 2.75) is 32.7 Å². The molecular formula is C9H23N3. The largest absolute Gasteiger partial charge is 0.308 e. The van der Waals surface area contributed by atoms with Gasteiger partial charge in [0.15, 0.2) is 0 Å². The van der Waals surface area contributed by atoms with E-state index in [1.165, 1.54) is 12.8 Å². The van der Waals surface area contributed by atoms with Crippen molar-refractivity contribution in [1.82, 2.24) is 10.3 Å². The Balaban J connectivity index is 3.78. The molecule has 0 heterocycles. The second-order valence-corrected chi connectivity index (χ2v) is 3.80. The van der Waals surface area contributed by atoms with Gasteiger partial charge < -0.3 is 4.90 Å². The van der Waals surface area contributed by atoms with Crippen molar-refractivity contribution in [2.75, 3.05) is 20.6 Å². The van der Waals surface area contributed by atoms with Crippen molar-refractivity contribution in [3.8, 4) is 0 Å². The van der Waals surface area contributed by atoms with Gasteiger partial charge in [-0.25, -0.2) is 0 Å². The number of nitrogens with one attached hydrogen (secondary N) is 1. The van der Waals surface area contributed by atoms with Crippen LogP contribution in [0.5, 0.6) is 0 Å². The molecular weight excluding hydrogens is 150 g/mol. The van der Waals surface area contributed by atoms with Crippen molar-refractivity contribution in [3.05, 3.63) is 0 Å². The van der Waals surface area contributed by atoms with Gasteiger partial charge in [-0.05, 0) is 26.4 Å². The highest BCUT2D eigenvalue weighted by molar-refractivity contribution is 4.72. The molecule has 0 aromatic heterocycles. The molecule has 0 rings (SSSR count). The number of rotatable bonds is 6. The summed E-state index contributed by atoms with van der Waals surface area (Å²) in [4.78, 5) is 2.16. The van der Waals surface area contributed by atoms with Gasteiger partial charge in [0.1, 0.15) is 0 Å². The van der Waals surface area contributed by atoms with Gasteiger partial charge in [0.05, 0.1) is 0 Å². The summed E-state index contributed by atoms with van der Waals surface area (Å²) in [5, 5.41) is 0. The number of likely N-dealkylation sites (N-methyl/N-ethyl adjacent to an activating group) is 1. The molecule has 3 nitrogen and oxygen atoms in total. The fourth-order valence-electron chi connectivity index (χ4n) is 1.45. The normalized spacial score (nSPS) is 16.5. The Morgan fingerprint density at radius 2 is 2.00 bits per heavy atom. The van der Waals surface area contributed by atoms with Crippen LogP contribution >= 0.6 is 0 Å². The first kappa shape index (κ1) is 11.9. The first-order valence-corrected chi connectivity index (χ1v) is 4.72. The highest BCUT2D eigenvalue weighted by Gasteiger charge is 2.15. The first-order chi connectivity index (χ1) is 5.61. The Kier molecular flexibility index (Phi) is 6.34. The van der Waals surface area contributed by atoms with Gasteiger partial charge in [-0.3, -0.25) is 11.3 Å². The van der Waals surface area contributed by atoms with E-state index in [1.807, 2.05) is 0 Å². The maximum atomic E-state index is 5.48. The predicted molar refractivity (Wildman–Crippen MR) is 53.7 cm³/mol. The molecule has 0 aliphatic carbocycles. The predicted octanol–water partition coefficient (Wildman–Crippen LogP) is 0.816. The Hall–Kier alpha value is -0.120. The zero-order valence-corrected chi connectivity index (χ0v) is 8.80. The average molecular weight is 173 g/mol. The van der Waals surface area contributed by atoms with Crippen molar-refractivity contribution in [2.24, 2.45) is 11.8 Å². The van der Waals surface area contributed by atoms with Crippen LogP contribution in [0.4, 0.5) is 0 Å².